The summed E-state index contributed by atoms with van der Waals surface area (Å²) in [4.78, 5) is 22.0. The summed E-state index contributed by atoms with van der Waals surface area (Å²) >= 11 is 0. The van der Waals surface area contributed by atoms with E-state index in [9.17, 15) is 20.0 Å². The standard InChI is InChI=1S/C13H7NO5/c15-10-6-5-8-7-3-1-2-4-9(7)13(16)19-12(8)11(10)14(17)18/h1-6,15H. The first-order valence-electron chi connectivity index (χ1n) is 5.41. The van der Waals surface area contributed by atoms with Gasteiger partial charge >= 0.3 is 11.3 Å². The van der Waals surface area contributed by atoms with Crippen LogP contribution in [0.4, 0.5) is 5.69 Å². The maximum absolute atomic E-state index is 11.8. The zero-order chi connectivity index (χ0) is 13.6. The second kappa shape index (κ2) is 3.81. The normalized spacial score (nSPS) is 10.9. The number of hydrogen-bond donors (Lipinski definition) is 1. The van der Waals surface area contributed by atoms with E-state index in [1.54, 1.807) is 24.3 Å². The summed E-state index contributed by atoms with van der Waals surface area (Å²) in [6.45, 7) is 0. The molecule has 2 aromatic carbocycles. The molecule has 1 N–H and O–H groups in total. The van der Waals surface area contributed by atoms with Crippen molar-refractivity contribution in [2.45, 2.75) is 0 Å². The first-order valence-corrected chi connectivity index (χ1v) is 5.41. The molecule has 3 aromatic rings. The minimum absolute atomic E-state index is 0.214. The lowest BCUT2D eigenvalue weighted by Gasteiger charge is -2.03. The number of aromatic hydroxyl groups is 1. The largest absolute Gasteiger partial charge is 0.502 e. The van der Waals surface area contributed by atoms with Gasteiger partial charge in [-0.25, -0.2) is 4.79 Å². The summed E-state index contributed by atoms with van der Waals surface area (Å²) < 4.78 is 4.99. The van der Waals surface area contributed by atoms with Gasteiger partial charge in [-0.2, -0.15) is 0 Å². The maximum atomic E-state index is 11.8. The molecule has 0 aliphatic heterocycles. The van der Waals surface area contributed by atoms with E-state index in [0.717, 1.165) is 0 Å². The number of rotatable bonds is 1. The highest BCUT2D eigenvalue weighted by molar-refractivity contribution is 6.07. The predicted molar refractivity (Wildman–Crippen MR) is 68.3 cm³/mol. The van der Waals surface area contributed by atoms with Gasteiger partial charge in [-0.05, 0) is 18.2 Å². The molecule has 0 aliphatic rings. The van der Waals surface area contributed by atoms with Gasteiger partial charge in [0.1, 0.15) is 0 Å². The fraction of sp³-hybridized carbons (Fsp3) is 0. The van der Waals surface area contributed by atoms with Crippen LogP contribution in [0.5, 0.6) is 5.75 Å². The van der Waals surface area contributed by atoms with Crippen molar-refractivity contribution in [3.8, 4) is 5.75 Å². The molecule has 1 aromatic heterocycles. The lowest BCUT2D eigenvalue weighted by Crippen LogP contribution is -2.01. The topological polar surface area (TPSA) is 93.6 Å². The third-order valence-electron chi connectivity index (χ3n) is 2.92. The van der Waals surface area contributed by atoms with Gasteiger partial charge in [-0.3, -0.25) is 10.1 Å². The molecule has 0 bridgehead atoms. The Hall–Kier alpha value is -2.89. The second-order valence-electron chi connectivity index (χ2n) is 4.00. The van der Waals surface area contributed by atoms with Gasteiger partial charge in [0.25, 0.3) is 0 Å². The Kier molecular flexibility index (Phi) is 2.25. The Bertz CT molecular complexity index is 881. The van der Waals surface area contributed by atoms with E-state index in [0.29, 0.717) is 16.2 Å². The molecular weight excluding hydrogens is 250 g/mol. The van der Waals surface area contributed by atoms with Crippen molar-refractivity contribution in [1.82, 2.24) is 0 Å². The number of phenolic OH excluding ortho intramolecular Hbond substituents is 1. The molecule has 0 spiro atoms. The molecule has 3 rings (SSSR count). The maximum Gasteiger partial charge on any atom is 0.353 e. The van der Waals surface area contributed by atoms with Crippen LogP contribution in [0.3, 0.4) is 0 Å². The van der Waals surface area contributed by atoms with Gasteiger partial charge in [0.05, 0.1) is 10.3 Å². The molecule has 0 unspecified atom stereocenters. The number of nitro benzene ring substituents is 1. The number of fused-ring (bicyclic) bond motifs is 3. The van der Waals surface area contributed by atoms with Crippen molar-refractivity contribution < 1.29 is 14.4 Å². The van der Waals surface area contributed by atoms with E-state index in [-0.39, 0.29) is 5.58 Å². The minimum atomic E-state index is -0.768. The van der Waals surface area contributed by atoms with Crippen LogP contribution in [0, 0.1) is 10.1 Å². The van der Waals surface area contributed by atoms with Gasteiger partial charge in [-0.1, -0.05) is 18.2 Å². The SMILES string of the molecule is O=c1oc2c([N+](=O)[O-])c(O)ccc2c2ccccc12. The van der Waals surface area contributed by atoms with Crippen LogP contribution in [-0.2, 0) is 0 Å². The third-order valence-corrected chi connectivity index (χ3v) is 2.92. The first kappa shape index (κ1) is 11.2. The van der Waals surface area contributed by atoms with Crippen LogP contribution in [0.25, 0.3) is 21.7 Å². The van der Waals surface area contributed by atoms with Crippen molar-refractivity contribution in [2.75, 3.05) is 0 Å². The lowest BCUT2D eigenvalue weighted by atomic mass is 10.1. The third kappa shape index (κ3) is 1.54. The molecule has 0 atom stereocenters. The number of benzene rings is 2. The molecular formula is C13H7NO5. The zero-order valence-corrected chi connectivity index (χ0v) is 9.49. The van der Waals surface area contributed by atoms with E-state index in [1.165, 1.54) is 12.1 Å². The molecule has 6 heteroatoms. The predicted octanol–water partition coefficient (Wildman–Crippen LogP) is 2.56. The van der Waals surface area contributed by atoms with Crippen molar-refractivity contribution in [3.05, 3.63) is 56.9 Å². The summed E-state index contributed by atoms with van der Waals surface area (Å²) in [5.41, 5.74) is -1.48. The molecule has 0 saturated carbocycles. The Balaban J connectivity index is 2.64. The molecule has 1 heterocycles. The highest BCUT2D eigenvalue weighted by Crippen LogP contribution is 2.36. The molecule has 0 fully saturated rings. The van der Waals surface area contributed by atoms with Crippen LogP contribution in [0.2, 0.25) is 0 Å². The molecule has 6 nitrogen and oxygen atoms in total. The van der Waals surface area contributed by atoms with E-state index in [1.807, 2.05) is 0 Å². The molecule has 0 aliphatic carbocycles. The summed E-state index contributed by atoms with van der Waals surface area (Å²) in [6.07, 6.45) is 0. The summed E-state index contributed by atoms with van der Waals surface area (Å²) in [7, 11) is 0. The van der Waals surface area contributed by atoms with Gasteiger partial charge in [0.15, 0.2) is 5.75 Å². The summed E-state index contributed by atoms with van der Waals surface area (Å²) in [6, 6.07) is 9.37. The summed E-state index contributed by atoms with van der Waals surface area (Å²) in [5.74, 6) is -0.532. The van der Waals surface area contributed by atoms with Crippen LogP contribution in [-0.4, -0.2) is 10.0 Å². The van der Waals surface area contributed by atoms with E-state index in [4.69, 9.17) is 4.42 Å². The Morgan fingerprint density at radius 2 is 1.74 bits per heavy atom. The van der Waals surface area contributed by atoms with E-state index >= 15 is 0 Å². The smallest absolute Gasteiger partial charge is 0.353 e. The van der Waals surface area contributed by atoms with Crippen molar-refractivity contribution in [3.63, 3.8) is 0 Å². The number of phenols is 1. The number of hydrogen-bond acceptors (Lipinski definition) is 5. The lowest BCUT2D eigenvalue weighted by molar-refractivity contribution is -0.384. The van der Waals surface area contributed by atoms with Gasteiger partial charge < -0.3 is 9.52 Å². The van der Waals surface area contributed by atoms with E-state index in [2.05, 4.69) is 0 Å². The summed E-state index contributed by atoms with van der Waals surface area (Å²) in [5, 5.41) is 21.8. The van der Waals surface area contributed by atoms with Crippen molar-refractivity contribution in [2.24, 2.45) is 0 Å². The van der Waals surface area contributed by atoms with Crippen LogP contribution < -0.4 is 5.63 Å². The van der Waals surface area contributed by atoms with Crippen molar-refractivity contribution in [1.29, 1.82) is 0 Å². The monoisotopic (exact) mass is 257 g/mol. The molecule has 0 amide bonds. The number of nitrogens with zero attached hydrogens (tertiary/aromatic N) is 1. The first-order chi connectivity index (χ1) is 9.09. The zero-order valence-electron chi connectivity index (χ0n) is 9.49. The fourth-order valence-electron chi connectivity index (χ4n) is 2.10. The minimum Gasteiger partial charge on any atom is -0.502 e. The van der Waals surface area contributed by atoms with Crippen LogP contribution in [0.1, 0.15) is 0 Å². The molecule has 0 radical (unpaired) electrons. The highest BCUT2D eigenvalue weighted by Gasteiger charge is 2.22. The number of nitro groups is 1. The fourth-order valence-corrected chi connectivity index (χ4v) is 2.10. The van der Waals surface area contributed by atoms with Crippen LogP contribution in [0.15, 0.2) is 45.6 Å². The van der Waals surface area contributed by atoms with E-state index < -0.39 is 22.0 Å². The molecule has 94 valence electrons. The Morgan fingerprint density at radius 1 is 1.05 bits per heavy atom. The molecule has 0 saturated heterocycles. The van der Waals surface area contributed by atoms with Gasteiger partial charge in [-0.15, -0.1) is 0 Å². The van der Waals surface area contributed by atoms with Crippen molar-refractivity contribution >= 4 is 27.4 Å². The Labute approximate surface area is 105 Å². The van der Waals surface area contributed by atoms with Crippen LogP contribution >= 0.6 is 0 Å². The Morgan fingerprint density at radius 3 is 2.42 bits per heavy atom. The second-order valence-corrected chi connectivity index (χ2v) is 4.00. The van der Waals surface area contributed by atoms with Gasteiger partial charge in [0.2, 0.25) is 5.58 Å². The molecule has 19 heavy (non-hydrogen) atoms. The highest BCUT2D eigenvalue weighted by atomic mass is 16.6. The average molecular weight is 257 g/mol. The quantitative estimate of drug-likeness (QED) is 0.313. The van der Waals surface area contributed by atoms with Gasteiger partial charge in [0, 0.05) is 10.8 Å². The average Bonchev–Trinajstić information content (AvgIpc) is 2.38.